The Morgan fingerprint density at radius 3 is 2.62 bits per heavy atom. The highest BCUT2D eigenvalue weighted by atomic mass is 19.3. The van der Waals surface area contributed by atoms with E-state index in [0.717, 1.165) is 24.1 Å². The zero-order valence-corrected chi connectivity index (χ0v) is 9.76. The largest absolute Gasteiger partial charge is 0.477 e. The molecule has 0 aliphatic carbocycles. The van der Waals surface area contributed by atoms with Gasteiger partial charge >= 0.3 is 6.55 Å². The molecule has 2 heterocycles. The molecule has 1 aromatic rings. The first-order valence-electron chi connectivity index (χ1n) is 5.44. The van der Waals surface area contributed by atoms with Crippen molar-refractivity contribution in [2.24, 2.45) is 0 Å². The fraction of sp³-hybridized carbons (Fsp3) is 0.727. The summed E-state index contributed by atoms with van der Waals surface area (Å²) in [5, 5.41) is 4.00. The van der Waals surface area contributed by atoms with E-state index < -0.39 is 6.55 Å². The number of rotatable bonds is 1. The van der Waals surface area contributed by atoms with Gasteiger partial charge < -0.3 is 4.74 Å². The molecule has 5 heteroatoms. The average Bonchev–Trinajstić information content (AvgIpc) is 2.56. The minimum absolute atomic E-state index is 0.231. The molecule has 1 aliphatic rings. The predicted molar refractivity (Wildman–Crippen MR) is 56.0 cm³/mol. The summed E-state index contributed by atoms with van der Waals surface area (Å²) >= 11 is 0. The standard InChI is InChI=1S/C11H16F2N2O/c1-11(2,3)8-7-5-4-6-16-9(7)15(14-8)10(12)13/h10H,4-6H2,1-3H3. The molecular weight excluding hydrogens is 214 g/mol. The van der Waals surface area contributed by atoms with E-state index in [2.05, 4.69) is 5.10 Å². The number of ether oxygens (including phenoxy) is 1. The first-order chi connectivity index (χ1) is 7.41. The number of hydrogen-bond acceptors (Lipinski definition) is 2. The van der Waals surface area contributed by atoms with Crippen LogP contribution in [0, 0.1) is 0 Å². The number of fused-ring (bicyclic) bond motifs is 1. The monoisotopic (exact) mass is 230 g/mol. The van der Waals surface area contributed by atoms with E-state index >= 15 is 0 Å². The molecule has 0 saturated heterocycles. The third-order valence-electron chi connectivity index (χ3n) is 2.67. The van der Waals surface area contributed by atoms with Gasteiger partial charge in [0.1, 0.15) is 0 Å². The summed E-state index contributed by atoms with van der Waals surface area (Å²) in [4.78, 5) is 0. The van der Waals surface area contributed by atoms with Gasteiger partial charge in [-0.05, 0) is 12.8 Å². The molecule has 0 amide bonds. The van der Waals surface area contributed by atoms with Gasteiger partial charge in [-0.3, -0.25) is 0 Å². The van der Waals surface area contributed by atoms with Crippen molar-refractivity contribution in [2.45, 2.75) is 45.6 Å². The number of alkyl halides is 2. The summed E-state index contributed by atoms with van der Waals surface area (Å²) in [5.74, 6) is 0.256. The highest BCUT2D eigenvalue weighted by molar-refractivity contribution is 5.37. The van der Waals surface area contributed by atoms with Gasteiger partial charge in [0.25, 0.3) is 0 Å². The van der Waals surface area contributed by atoms with Gasteiger partial charge in [-0.25, -0.2) is 0 Å². The minimum atomic E-state index is -2.64. The molecule has 0 radical (unpaired) electrons. The SMILES string of the molecule is CC(C)(C)c1nn(C(F)F)c2c1CCCO2. The van der Waals surface area contributed by atoms with Crippen molar-refractivity contribution >= 4 is 0 Å². The maximum absolute atomic E-state index is 12.8. The number of nitrogens with zero attached hydrogens (tertiary/aromatic N) is 2. The Labute approximate surface area is 93.4 Å². The Morgan fingerprint density at radius 2 is 2.06 bits per heavy atom. The molecule has 90 valence electrons. The molecule has 0 aromatic carbocycles. The van der Waals surface area contributed by atoms with Crippen molar-refractivity contribution in [2.75, 3.05) is 6.61 Å². The van der Waals surface area contributed by atoms with Crippen molar-refractivity contribution < 1.29 is 13.5 Å². The van der Waals surface area contributed by atoms with E-state index in [1.807, 2.05) is 20.8 Å². The van der Waals surface area contributed by atoms with Crippen molar-refractivity contribution in [1.82, 2.24) is 9.78 Å². The van der Waals surface area contributed by atoms with Crippen LogP contribution in [0.4, 0.5) is 8.78 Å². The van der Waals surface area contributed by atoms with E-state index in [0.29, 0.717) is 11.3 Å². The number of halogens is 2. The minimum Gasteiger partial charge on any atom is -0.477 e. The van der Waals surface area contributed by atoms with Crippen LogP contribution in [0.3, 0.4) is 0 Å². The zero-order valence-electron chi connectivity index (χ0n) is 9.76. The molecule has 0 unspecified atom stereocenters. The van der Waals surface area contributed by atoms with Gasteiger partial charge in [-0.2, -0.15) is 18.6 Å². The van der Waals surface area contributed by atoms with Crippen LogP contribution in [-0.2, 0) is 11.8 Å². The Balaban J connectivity index is 2.55. The topological polar surface area (TPSA) is 27.1 Å². The summed E-state index contributed by atoms with van der Waals surface area (Å²) in [5.41, 5.74) is 1.34. The van der Waals surface area contributed by atoms with Crippen LogP contribution in [0.5, 0.6) is 5.88 Å². The van der Waals surface area contributed by atoms with E-state index in [-0.39, 0.29) is 11.3 Å². The fourth-order valence-electron chi connectivity index (χ4n) is 1.98. The highest BCUT2D eigenvalue weighted by Crippen LogP contribution is 2.36. The van der Waals surface area contributed by atoms with Gasteiger partial charge in [0, 0.05) is 11.0 Å². The van der Waals surface area contributed by atoms with Gasteiger partial charge in [0.15, 0.2) is 0 Å². The lowest BCUT2D eigenvalue weighted by molar-refractivity contribution is 0.0435. The molecule has 0 spiro atoms. The lowest BCUT2D eigenvalue weighted by Crippen LogP contribution is -2.16. The predicted octanol–water partition coefficient (Wildman–Crippen LogP) is 2.90. The maximum Gasteiger partial charge on any atom is 0.336 e. The third kappa shape index (κ3) is 1.79. The Morgan fingerprint density at radius 1 is 1.38 bits per heavy atom. The zero-order chi connectivity index (χ0) is 11.9. The third-order valence-corrected chi connectivity index (χ3v) is 2.67. The smallest absolute Gasteiger partial charge is 0.336 e. The van der Waals surface area contributed by atoms with Crippen LogP contribution >= 0.6 is 0 Å². The lowest BCUT2D eigenvalue weighted by Gasteiger charge is -2.19. The molecular formula is C11H16F2N2O. The Kier molecular flexibility index (Phi) is 2.64. The second kappa shape index (κ2) is 3.71. The fourth-order valence-corrected chi connectivity index (χ4v) is 1.98. The molecule has 2 rings (SSSR count). The quantitative estimate of drug-likeness (QED) is 0.741. The van der Waals surface area contributed by atoms with Crippen molar-refractivity contribution in [3.8, 4) is 5.88 Å². The maximum atomic E-state index is 12.8. The second-order valence-corrected chi connectivity index (χ2v) is 5.06. The van der Waals surface area contributed by atoms with Gasteiger partial charge in [0.2, 0.25) is 5.88 Å². The molecule has 0 N–H and O–H groups in total. The van der Waals surface area contributed by atoms with E-state index in [9.17, 15) is 8.78 Å². The van der Waals surface area contributed by atoms with Crippen molar-refractivity contribution in [3.63, 3.8) is 0 Å². The molecule has 1 aromatic heterocycles. The molecule has 0 fully saturated rings. The van der Waals surface area contributed by atoms with Gasteiger partial charge in [0.05, 0.1) is 12.3 Å². The summed E-state index contributed by atoms with van der Waals surface area (Å²) in [6.07, 6.45) is 1.64. The van der Waals surface area contributed by atoms with Crippen molar-refractivity contribution in [1.29, 1.82) is 0 Å². The molecule has 0 atom stereocenters. The number of hydrogen-bond donors (Lipinski definition) is 0. The molecule has 0 saturated carbocycles. The second-order valence-electron chi connectivity index (χ2n) is 5.06. The highest BCUT2D eigenvalue weighted by Gasteiger charge is 2.31. The van der Waals surface area contributed by atoms with Crippen molar-refractivity contribution in [3.05, 3.63) is 11.3 Å². The van der Waals surface area contributed by atoms with Crippen LogP contribution < -0.4 is 4.74 Å². The van der Waals surface area contributed by atoms with Gasteiger partial charge in [-0.1, -0.05) is 20.8 Å². The first kappa shape index (κ1) is 11.4. The van der Waals surface area contributed by atoms with Crippen LogP contribution in [0.25, 0.3) is 0 Å². The van der Waals surface area contributed by atoms with Crippen LogP contribution in [0.15, 0.2) is 0 Å². The average molecular weight is 230 g/mol. The van der Waals surface area contributed by atoms with E-state index in [1.165, 1.54) is 0 Å². The summed E-state index contributed by atoms with van der Waals surface area (Å²) in [7, 11) is 0. The molecule has 1 aliphatic heterocycles. The van der Waals surface area contributed by atoms with Crippen LogP contribution in [0.1, 0.15) is 45.0 Å². The molecule has 0 bridgehead atoms. The summed E-state index contributed by atoms with van der Waals surface area (Å²) in [6, 6.07) is 0. The Hall–Kier alpha value is -1.13. The lowest BCUT2D eigenvalue weighted by atomic mass is 9.88. The number of aromatic nitrogens is 2. The van der Waals surface area contributed by atoms with E-state index in [4.69, 9.17) is 4.74 Å². The van der Waals surface area contributed by atoms with Crippen LogP contribution in [0.2, 0.25) is 0 Å². The molecule has 16 heavy (non-hydrogen) atoms. The summed E-state index contributed by atoms with van der Waals surface area (Å²) < 4.78 is 31.6. The van der Waals surface area contributed by atoms with Gasteiger partial charge in [-0.15, -0.1) is 0 Å². The first-order valence-corrected chi connectivity index (χ1v) is 5.44. The normalized spacial score (nSPS) is 16.1. The van der Waals surface area contributed by atoms with E-state index in [1.54, 1.807) is 0 Å². The molecule has 3 nitrogen and oxygen atoms in total. The van der Waals surface area contributed by atoms with Crippen LogP contribution in [-0.4, -0.2) is 16.4 Å². The Bertz CT molecular complexity index is 393. The summed E-state index contributed by atoms with van der Waals surface area (Å²) in [6.45, 7) is 3.78.